The van der Waals surface area contributed by atoms with Crippen molar-refractivity contribution < 1.29 is 19.2 Å². The summed E-state index contributed by atoms with van der Waals surface area (Å²) in [6, 6.07) is 3.88. The first-order valence-electron chi connectivity index (χ1n) is 11.5. The van der Waals surface area contributed by atoms with E-state index in [-0.39, 0.29) is 39.8 Å². The van der Waals surface area contributed by atoms with E-state index in [2.05, 4.69) is 24.1 Å². The summed E-state index contributed by atoms with van der Waals surface area (Å²) in [5.41, 5.74) is -0.0380. The maximum atomic E-state index is 13.2. The van der Waals surface area contributed by atoms with Gasteiger partial charge in [0.2, 0.25) is 5.91 Å². The summed E-state index contributed by atoms with van der Waals surface area (Å²) in [6.07, 6.45) is 2.40. The molecule has 2 aromatic heterocycles. The van der Waals surface area contributed by atoms with Crippen LogP contribution < -0.4 is 15.6 Å². The summed E-state index contributed by atoms with van der Waals surface area (Å²) < 4.78 is 6.48. The van der Waals surface area contributed by atoms with Crippen LogP contribution in [0, 0.1) is 28.9 Å². The second-order valence-electron chi connectivity index (χ2n) is 9.25. The number of non-ortho nitro benzene ring substituents is 1. The number of rotatable bonds is 6. The zero-order chi connectivity index (χ0) is 26.1. The summed E-state index contributed by atoms with van der Waals surface area (Å²) in [5.74, 6) is 0.376. The lowest BCUT2D eigenvalue weighted by atomic mass is 9.92. The van der Waals surface area contributed by atoms with Gasteiger partial charge in [-0.05, 0) is 36.8 Å². The second-order valence-corrected chi connectivity index (χ2v) is 10.3. The molecule has 1 aliphatic rings. The Morgan fingerprint density at radius 3 is 2.61 bits per heavy atom. The average molecular weight is 514 g/mol. The van der Waals surface area contributed by atoms with Gasteiger partial charge in [0, 0.05) is 25.2 Å². The number of piperidine rings is 1. The molecule has 2 amide bonds. The van der Waals surface area contributed by atoms with Crippen molar-refractivity contribution in [3.63, 3.8) is 0 Å². The van der Waals surface area contributed by atoms with Crippen LogP contribution in [-0.2, 0) is 11.3 Å². The number of amides is 2. The van der Waals surface area contributed by atoms with Crippen molar-refractivity contribution in [1.82, 2.24) is 14.5 Å². The number of benzene rings is 1. The number of nitro groups is 1. The Bertz CT molecular complexity index is 1400. The maximum Gasteiger partial charge on any atom is 0.271 e. The topological polar surface area (TPSA) is 137 Å². The molecule has 3 heterocycles. The summed E-state index contributed by atoms with van der Waals surface area (Å²) >= 11 is 1.04. The highest BCUT2D eigenvalue weighted by atomic mass is 32.1. The number of nitro benzene ring substituents is 1. The lowest BCUT2D eigenvalue weighted by Gasteiger charge is -2.35. The highest BCUT2D eigenvalue weighted by Crippen LogP contribution is 2.32. The number of anilines is 1. The van der Waals surface area contributed by atoms with Gasteiger partial charge in [0.15, 0.2) is 0 Å². The number of aryl methyl sites for hydroxylation is 1. The van der Waals surface area contributed by atoms with Crippen LogP contribution in [0.5, 0.6) is 5.75 Å². The van der Waals surface area contributed by atoms with Crippen LogP contribution in [0.25, 0.3) is 10.2 Å². The normalized spacial score (nSPS) is 17.7. The minimum absolute atomic E-state index is 0.122. The molecule has 0 bridgehead atoms. The van der Waals surface area contributed by atoms with E-state index in [0.717, 1.165) is 17.8 Å². The quantitative estimate of drug-likeness (QED) is 0.394. The van der Waals surface area contributed by atoms with Crippen molar-refractivity contribution >= 4 is 44.7 Å². The van der Waals surface area contributed by atoms with E-state index < -0.39 is 16.4 Å². The van der Waals surface area contributed by atoms with Crippen LogP contribution in [0.15, 0.2) is 29.3 Å². The van der Waals surface area contributed by atoms with Crippen LogP contribution in [0.2, 0.25) is 0 Å². The Labute approximate surface area is 210 Å². The Balaban J connectivity index is 1.61. The van der Waals surface area contributed by atoms with E-state index in [1.165, 1.54) is 36.2 Å². The number of hydrogen-bond donors (Lipinski definition) is 1. The third kappa shape index (κ3) is 4.94. The van der Waals surface area contributed by atoms with Crippen LogP contribution in [0.1, 0.15) is 35.5 Å². The third-order valence-corrected chi connectivity index (χ3v) is 7.49. The monoisotopic (exact) mass is 513 g/mol. The first kappa shape index (κ1) is 25.3. The average Bonchev–Trinajstić information content (AvgIpc) is 3.17. The zero-order valence-electron chi connectivity index (χ0n) is 20.4. The van der Waals surface area contributed by atoms with Gasteiger partial charge in [0.05, 0.1) is 34.3 Å². The Kier molecular flexibility index (Phi) is 7.07. The van der Waals surface area contributed by atoms with Crippen molar-refractivity contribution in [2.75, 3.05) is 25.5 Å². The van der Waals surface area contributed by atoms with Crippen LogP contribution in [0.3, 0.4) is 0 Å². The second kappa shape index (κ2) is 10.1. The predicted molar refractivity (Wildman–Crippen MR) is 136 cm³/mol. The Morgan fingerprint density at radius 1 is 1.28 bits per heavy atom. The summed E-state index contributed by atoms with van der Waals surface area (Å²) in [7, 11) is 1.39. The molecule has 2 atom stereocenters. The number of carbonyl (C=O) groups is 2. The minimum atomic E-state index is -0.571. The lowest BCUT2D eigenvalue weighted by molar-refractivity contribution is -0.384. The SMILES string of the molecule is COc1ccc([N+](=O)[O-])cc1NC(=O)c1sc2ncn(CC(=O)N3CC(C)CC(C)C3)c(=O)c2c1C. The number of hydrogen-bond acceptors (Lipinski definition) is 8. The van der Waals surface area contributed by atoms with Crippen LogP contribution in [-0.4, -0.2) is 51.4 Å². The Morgan fingerprint density at radius 2 is 1.97 bits per heavy atom. The fourth-order valence-corrected chi connectivity index (χ4v) is 5.72. The summed E-state index contributed by atoms with van der Waals surface area (Å²) in [4.78, 5) is 56.5. The highest BCUT2D eigenvalue weighted by Gasteiger charge is 2.27. The van der Waals surface area contributed by atoms with Gasteiger partial charge in [-0.3, -0.25) is 29.1 Å². The smallest absolute Gasteiger partial charge is 0.271 e. The molecule has 11 nitrogen and oxygen atoms in total. The van der Waals surface area contributed by atoms with Crippen molar-refractivity contribution in [2.45, 2.75) is 33.7 Å². The van der Waals surface area contributed by atoms with Crippen LogP contribution in [0.4, 0.5) is 11.4 Å². The molecule has 3 aromatic rings. The molecule has 190 valence electrons. The van der Waals surface area contributed by atoms with Crippen molar-refractivity contribution in [3.05, 3.63) is 55.4 Å². The van der Waals surface area contributed by atoms with Crippen LogP contribution >= 0.6 is 11.3 Å². The van der Waals surface area contributed by atoms with E-state index >= 15 is 0 Å². The molecule has 2 unspecified atom stereocenters. The first-order chi connectivity index (χ1) is 17.1. The standard InChI is InChI=1S/C24H27N5O6S/c1-13-7-14(2)10-27(9-13)19(30)11-28-12-25-23-20(24(28)32)15(3)21(36-23)22(31)26-17-8-16(29(33)34)5-6-18(17)35-4/h5-6,8,12-14H,7,9-11H2,1-4H3,(H,26,31). The maximum absolute atomic E-state index is 13.2. The van der Waals surface area contributed by atoms with Gasteiger partial charge in [-0.25, -0.2) is 4.98 Å². The number of fused-ring (bicyclic) bond motifs is 1. The highest BCUT2D eigenvalue weighted by molar-refractivity contribution is 7.20. The molecule has 1 aliphatic heterocycles. The summed E-state index contributed by atoms with van der Waals surface area (Å²) in [6.45, 7) is 7.07. The molecule has 1 aromatic carbocycles. The molecule has 0 radical (unpaired) electrons. The third-order valence-electron chi connectivity index (χ3n) is 6.29. The van der Waals surface area contributed by atoms with Gasteiger partial charge >= 0.3 is 0 Å². The number of carbonyl (C=O) groups excluding carboxylic acids is 2. The molecule has 12 heteroatoms. The van der Waals surface area contributed by atoms with Gasteiger partial charge < -0.3 is 15.0 Å². The van der Waals surface area contributed by atoms with Gasteiger partial charge in [0.1, 0.15) is 17.1 Å². The zero-order valence-corrected chi connectivity index (χ0v) is 21.3. The number of thiophene rings is 1. The van der Waals surface area contributed by atoms with Gasteiger partial charge in [-0.15, -0.1) is 11.3 Å². The van der Waals surface area contributed by atoms with Crippen molar-refractivity contribution in [3.8, 4) is 5.75 Å². The molecule has 1 fully saturated rings. The number of aromatic nitrogens is 2. The fraction of sp³-hybridized carbons (Fsp3) is 0.417. The van der Waals surface area contributed by atoms with E-state index in [9.17, 15) is 24.5 Å². The minimum Gasteiger partial charge on any atom is -0.495 e. The number of methoxy groups -OCH3 is 1. The molecule has 1 saturated heterocycles. The molecule has 36 heavy (non-hydrogen) atoms. The largest absolute Gasteiger partial charge is 0.495 e. The van der Waals surface area contributed by atoms with E-state index in [1.54, 1.807) is 11.8 Å². The molecule has 0 aliphatic carbocycles. The fourth-order valence-electron chi connectivity index (χ4n) is 4.69. The van der Waals surface area contributed by atoms with Crippen molar-refractivity contribution in [1.29, 1.82) is 0 Å². The number of nitrogens with zero attached hydrogens (tertiary/aromatic N) is 4. The number of likely N-dealkylation sites (tertiary alicyclic amines) is 1. The molecule has 0 spiro atoms. The number of ether oxygens (including phenoxy) is 1. The van der Waals surface area contributed by atoms with Gasteiger partial charge in [0.25, 0.3) is 17.2 Å². The van der Waals surface area contributed by atoms with E-state index in [0.29, 0.717) is 35.3 Å². The van der Waals surface area contributed by atoms with Crippen molar-refractivity contribution in [2.24, 2.45) is 11.8 Å². The lowest BCUT2D eigenvalue weighted by Crippen LogP contribution is -2.44. The molecule has 1 N–H and O–H groups in total. The van der Waals surface area contributed by atoms with Gasteiger partial charge in [-0.2, -0.15) is 0 Å². The van der Waals surface area contributed by atoms with E-state index in [1.807, 2.05) is 0 Å². The molecule has 0 saturated carbocycles. The Hall–Kier alpha value is -3.80. The molecule has 4 rings (SSSR count). The first-order valence-corrected chi connectivity index (χ1v) is 12.3. The molecular formula is C24H27N5O6S. The van der Waals surface area contributed by atoms with E-state index in [4.69, 9.17) is 4.74 Å². The molecular weight excluding hydrogens is 486 g/mol. The predicted octanol–water partition coefficient (Wildman–Crippen LogP) is 3.44. The number of nitrogens with one attached hydrogen (secondary N) is 1. The van der Waals surface area contributed by atoms with Gasteiger partial charge in [-0.1, -0.05) is 13.8 Å². The summed E-state index contributed by atoms with van der Waals surface area (Å²) in [5, 5.41) is 14.0.